The highest BCUT2D eigenvalue weighted by atomic mass is 15.1. The van der Waals surface area contributed by atoms with Gasteiger partial charge in [-0.05, 0) is 177 Å². The predicted octanol–water partition coefficient (Wildman–Crippen LogP) is 20.5. The summed E-state index contributed by atoms with van der Waals surface area (Å²) in [5.74, 6) is 0. The van der Waals surface area contributed by atoms with Crippen LogP contribution in [0.1, 0.15) is 44.5 Å². The van der Waals surface area contributed by atoms with E-state index < -0.39 is 10.8 Å². The van der Waals surface area contributed by atoms with Crippen molar-refractivity contribution < 1.29 is 0 Å². The smallest absolute Gasteiger partial charge is 0.0720 e. The summed E-state index contributed by atoms with van der Waals surface area (Å²) in [6.07, 6.45) is 0. The molecule has 0 amide bonds. The monoisotopic (exact) mass is 1030 g/mol. The van der Waals surface area contributed by atoms with Crippen molar-refractivity contribution in [2.24, 2.45) is 0 Å². The number of anilines is 3. The van der Waals surface area contributed by atoms with Crippen LogP contribution in [-0.4, -0.2) is 0 Å². The minimum atomic E-state index is -0.663. The quantitative estimate of drug-likeness (QED) is 0.147. The molecule has 1 atom stereocenters. The van der Waals surface area contributed by atoms with E-state index in [9.17, 15) is 0 Å². The van der Waals surface area contributed by atoms with Crippen LogP contribution < -0.4 is 4.90 Å². The lowest BCUT2D eigenvalue weighted by molar-refractivity contribution is 0.633. The summed E-state index contributed by atoms with van der Waals surface area (Å²) in [4.78, 5) is 2.39. The first-order valence-corrected chi connectivity index (χ1v) is 28.2. The number of nitrogens with zero attached hydrogens (tertiary/aromatic N) is 1. The molecule has 1 nitrogen and oxygen atoms in total. The number of hydrogen-bond donors (Lipinski definition) is 0. The third-order valence-corrected chi connectivity index (χ3v) is 17.8. The summed E-state index contributed by atoms with van der Waals surface area (Å²) in [6, 6.07) is 120. The average molecular weight is 1030 g/mol. The molecule has 0 aromatic heterocycles. The summed E-state index contributed by atoms with van der Waals surface area (Å²) in [7, 11) is 0. The number of benzene rings is 13. The summed E-state index contributed by atoms with van der Waals surface area (Å²) >= 11 is 0. The van der Waals surface area contributed by atoms with Gasteiger partial charge in [-0.2, -0.15) is 0 Å². The maximum absolute atomic E-state index is 2.56. The van der Waals surface area contributed by atoms with E-state index in [1.54, 1.807) is 0 Å². The van der Waals surface area contributed by atoms with E-state index in [1.165, 1.54) is 117 Å². The topological polar surface area (TPSA) is 3.24 Å². The normalized spacial score (nSPS) is 14.6. The van der Waals surface area contributed by atoms with Crippen molar-refractivity contribution in [2.75, 3.05) is 4.90 Å². The fourth-order valence-electron chi connectivity index (χ4n) is 14.3. The Bertz CT molecular complexity index is 4410. The van der Waals surface area contributed by atoms with E-state index in [0.29, 0.717) is 0 Å². The van der Waals surface area contributed by atoms with Crippen LogP contribution in [0.2, 0.25) is 0 Å². The summed E-state index contributed by atoms with van der Waals surface area (Å²) < 4.78 is 0. The first kappa shape index (κ1) is 46.7. The van der Waals surface area contributed by atoms with Gasteiger partial charge in [-0.3, -0.25) is 0 Å². The second kappa shape index (κ2) is 18.7. The molecule has 16 rings (SSSR count). The molecule has 13 aromatic carbocycles. The third kappa shape index (κ3) is 7.12. The standard InChI is InChI=1S/C80H53N/c1-5-20-54(21-6-1)58-36-43-64(44-37-58)81(65-45-38-59(39-46-65)55-22-7-2-8-23-55)66-29-19-28-60(50-66)61-40-47-74-70(51-61)69-32-15-18-35-73(69)80(74)76-49-42-62(56-24-9-3-10-25-56)52-77(76)79(71-33-16-13-30-67(71)68-31-14-17-34-72(68)79)75-48-41-63(53-78(75)80)57-26-11-4-12-27-57/h1-53H. The molecular weight excluding hydrogens is 975 g/mol. The second-order valence-corrected chi connectivity index (χ2v) is 21.9. The Morgan fingerprint density at radius 3 is 0.889 bits per heavy atom. The molecule has 81 heavy (non-hydrogen) atoms. The molecule has 0 aliphatic heterocycles. The van der Waals surface area contributed by atoms with Gasteiger partial charge in [-0.1, -0.05) is 267 Å². The van der Waals surface area contributed by atoms with Crippen LogP contribution in [0, 0.1) is 0 Å². The zero-order chi connectivity index (χ0) is 53.5. The molecule has 3 aliphatic rings. The second-order valence-electron chi connectivity index (χ2n) is 21.9. The maximum atomic E-state index is 2.56. The van der Waals surface area contributed by atoms with Gasteiger partial charge in [-0.25, -0.2) is 0 Å². The Morgan fingerprint density at radius 1 is 0.160 bits per heavy atom. The third-order valence-electron chi connectivity index (χ3n) is 17.8. The summed E-state index contributed by atoms with van der Waals surface area (Å²) in [6.45, 7) is 0. The van der Waals surface area contributed by atoms with Crippen molar-refractivity contribution in [1.29, 1.82) is 0 Å². The molecule has 0 heterocycles. The van der Waals surface area contributed by atoms with Gasteiger partial charge in [0.25, 0.3) is 0 Å². The molecule has 1 heteroatoms. The Labute approximate surface area is 474 Å². The van der Waals surface area contributed by atoms with Crippen LogP contribution in [0.3, 0.4) is 0 Å². The molecule has 1 unspecified atom stereocenters. The highest BCUT2D eigenvalue weighted by Crippen LogP contribution is 2.68. The van der Waals surface area contributed by atoms with Gasteiger partial charge >= 0.3 is 0 Å². The SMILES string of the molecule is c1ccc(-c2ccc(N(c3ccc(-c4ccccc4)cc3)c3cccc(-c4ccc5c(c4)-c4ccccc4C54c5ccc(-c6ccccc6)cc5C5(c6ccccc6-c6ccccc65)c5ccc(-c6ccccc6)cc54)c3)cc2)cc1. The van der Waals surface area contributed by atoms with Crippen LogP contribution >= 0.6 is 0 Å². The van der Waals surface area contributed by atoms with Gasteiger partial charge in [0.1, 0.15) is 0 Å². The molecule has 2 spiro atoms. The fourth-order valence-corrected chi connectivity index (χ4v) is 14.3. The van der Waals surface area contributed by atoms with Gasteiger partial charge in [0.05, 0.1) is 10.8 Å². The van der Waals surface area contributed by atoms with Crippen molar-refractivity contribution in [3.8, 4) is 77.9 Å². The highest BCUT2D eigenvalue weighted by molar-refractivity contribution is 5.96. The zero-order valence-electron chi connectivity index (χ0n) is 44.5. The lowest BCUT2D eigenvalue weighted by Gasteiger charge is -2.49. The van der Waals surface area contributed by atoms with E-state index in [-0.39, 0.29) is 0 Å². The average Bonchev–Trinajstić information content (AvgIpc) is 1.90. The minimum absolute atomic E-state index is 0.600. The molecular formula is C80H53N. The largest absolute Gasteiger partial charge is 0.310 e. The van der Waals surface area contributed by atoms with E-state index >= 15 is 0 Å². The number of rotatable bonds is 8. The molecule has 0 saturated carbocycles. The maximum Gasteiger partial charge on any atom is 0.0720 e. The Balaban J connectivity index is 0.911. The fraction of sp³-hybridized carbons (Fsp3) is 0.0250. The molecule has 0 saturated heterocycles. The van der Waals surface area contributed by atoms with Crippen LogP contribution in [0.4, 0.5) is 17.1 Å². The van der Waals surface area contributed by atoms with Crippen LogP contribution in [-0.2, 0) is 10.8 Å². The molecule has 0 fully saturated rings. The zero-order valence-corrected chi connectivity index (χ0v) is 44.5. The predicted molar refractivity (Wildman–Crippen MR) is 336 cm³/mol. The molecule has 0 bridgehead atoms. The van der Waals surface area contributed by atoms with Gasteiger partial charge < -0.3 is 4.90 Å². The Kier molecular flexibility index (Phi) is 10.8. The van der Waals surface area contributed by atoms with Crippen LogP contribution in [0.25, 0.3) is 77.9 Å². The molecule has 378 valence electrons. The van der Waals surface area contributed by atoms with E-state index in [1.807, 2.05) is 0 Å². The van der Waals surface area contributed by atoms with E-state index in [0.717, 1.165) is 22.6 Å². The van der Waals surface area contributed by atoms with Crippen molar-refractivity contribution >= 4 is 17.1 Å². The summed E-state index contributed by atoms with van der Waals surface area (Å²) in [5.41, 5.74) is 29.6. The first-order chi connectivity index (χ1) is 40.2. The molecule has 3 aliphatic carbocycles. The lowest BCUT2D eigenvalue weighted by atomic mass is 9.52. The van der Waals surface area contributed by atoms with Crippen molar-refractivity contribution in [3.05, 3.63) is 366 Å². The van der Waals surface area contributed by atoms with Gasteiger partial charge in [-0.15, -0.1) is 0 Å². The van der Waals surface area contributed by atoms with Crippen LogP contribution in [0.15, 0.2) is 322 Å². The van der Waals surface area contributed by atoms with Gasteiger partial charge in [0, 0.05) is 17.1 Å². The highest BCUT2D eigenvalue weighted by Gasteiger charge is 2.59. The van der Waals surface area contributed by atoms with Crippen molar-refractivity contribution in [1.82, 2.24) is 0 Å². The van der Waals surface area contributed by atoms with E-state index in [4.69, 9.17) is 0 Å². The Hall–Kier alpha value is -10.3. The summed E-state index contributed by atoms with van der Waals surface area (Å²) in [5, 5.41) is 0. The number of fused-ring (bicyclic) bond motifs is 16. The number of hydrogen-bond acceptors (Lipinski definition) is 1. The minimum Gasteiger partial charge on any atom is -0.310 e. The van der Waals surface area contributed by atoms with Crippen LogP contribution in [0.5, 0.6) is 0 Å². The lowest BCUT2D eigenvalue weighted by Crippen LogP contribution is -2.44. The molecule has 13 aromatic rings. The first-order valence-electron chi connectivity index (χ1n) is 28.2. The van der Waals surface area contributed by atoms with Gasteiger partial charge in [0.15, 0.2) is 0 Å². The van der Waals surface area contributed by atoms with Crippen molar-refractivity contribution in [3.63, 3.8) is 0 Å². The van der Waals surface area contributed by atoms with E-state index in [2.05, 4.69) is 326 Å². The molecule has 0 N–H and O–H groups in total. The molecule has 0 radical (unpaired) electrons. The van der Waals surface area contributed by atoms with Crippen molar-refractivity contribution in [2.45, 2.75) is 10.8 Å². The van der Waals surface area contributed by atoms with Gasteiger partial charge in [0.2, 0.25) is 0 Å². The Morgan fingerprint density at radius 2 is 0.457 bits per heavy atom.